The molecule has 1 aromatic carbocycles. The van der Waals surface area contributed by atoms with Gasteiger partial charge in [-0.05, 0) is 56.1 Å². The van der Waals surface area contributed by atoms with Crippen LogP contribution in [0.25, 0.3) is 0 Å². The van der Waals surface area contributed by atoms with Crippen LogP contribution in [0.4, 0.5) is 0 Å². The van der Waals surface area contributed by atoms with Gasteiger partial charge in [-0.15, -0.1) is 0 Å². The Morgan fingerprint density at radius 2 is 1.85 bits per heavy atom. The molecule has 2 rings (SSSR count). The molecule has 1 fully saturated rings. The van der Waals surface area contributed by atoms with E-state index in [-0.39, 0.29) is 16.6 Å². The van der Waals surface area contributed by atoms with Crippen molar-refractivity contribution in [3.8, 4) is 5.75 Å². The molecule has 0 spiro atoms. The summed E-state index contributed by atoms with van der Waals surface area (Å²) >= 11 is 0. The van der Waals surface area contributed by atoms with Crippen LogP contribution in [0.5, 0.6) is 5.75 Å². The van der Waals surface area contributed by atoms with E-state index in [4.69, 9.17) is 0 Å². The fourth-order valence-corrected chi connectivity index (χ4v) is 3.60. The molecule has 1 saturated heterocycles. The molecular weight excluding hydrogens is 276 g/mol. The number of aromatic hydroxyl groups is 1. The average Bonchev–Trinajstić information content (AvgIpc) is 2.90. The number of hydrogen-bond acceptors (Lipinski definition) is 4. The molecular formula is C14H22N2O3S. The molecule has 0 bridgehead atoms. The average molecular weight is 298 g/mol. The SMILES string of the molecule is CC(CNS(=O)(=O)c1ccc(O)cc1)CN1CCCC1. The molecule has 5 nitrogen and oxygen atoms in total. The number of phenolic OH excluding ortho intramolecular Hbond substituents is 1. The highest BCUT2D eigenvalue weighted by molar-refractivity contribution is 7.89. The first-order valence-corrected chi connectivity index (χ1v) is 8.47. The van der Waals surface area contributed by atoms with Gasteiger partial charge in [0.15, 0.2) is 0 Å². The largest absolute Gasteiger partial charge is 0.508 e. The predicted octanol–water partition coefficient (Wildman–Crippen LogP) is 1.40. The van der Waals surface area contributed by atoms with Crippen molar-refractivity contribution in [1.29, 1.82) is 0 Å². The summed E-state index contributed by atoms with van der Waals surface area (Å²) in [6.45, 7) is 5.65. The van der Waals surface area contributed by atoms with Crippen molar-refractivity contribution in [2.45, 2.75) is 24.7 Å². The van der Waals surface area contributed by atoms with E-state index in [2.05, 4.69) is 16.5 Å². The molecule has 0 aliphatic carbocycles. The Hall–Kier alpha value is -1.11. The lowest BCUT2D eigenvalue weighted by atomic mass is 10.2. The molecule has 1 aliphatic heterocycles. The van der Waals surface area contributed by atoms with Gasteiger partial charge >= 0.3 is 0 Å². The number of nitrogens with one attached hydrogen (secondary N) is 1. The molecule has 1 atom stereocenters. The van der Waals surface area contributed by atoms with E-state index in [0.717, 1.165) is 19.6 Å². The normalized spacial score (nSPS) is 18.2. The van der Waals surface area contributed by atoms with Gasteiger partial charge in [0.1, 0.15) is 5.75 Å². The van der Waals surface area contributed by atoms with Gasteiger partial charge in [0.2, 0.25) is 10.0 Å². The van der Waals surface area contributed by atoms with Crippen LogP contribution in [0.2, 0.25) is 0 Å². The third-order valence-electron chi connectivity index (χ3n) is 3.54. The predicted molar refractivity (Wildman–Crippen MR) is 78.1 cm³/mol. The Labute approximate surface area is 120 Å². The van der Waals surface area contributed by atoms with Crippen molar-refractivity contribution in [1.82, 2.24) is 9.62 Å². The molecule has 6 heteroatoms. The van der Waals surface area contributed by atoms with E-state index in [9.17, 15) is 13.5 Å². The minimum absolute atomic E-state index is 0.0614. The quantitative estimate of drug-likeness (QED) is 0.833. The van der Waals surface area contributed by atoms with Crippen LogP contribution in [0, 0.1) is 5.92 Å². The summed E-state index contributed by atoms with van der Waals surface area (Å²) in [5.41, 5.74) is 0. The second-order valence-electron chi connectivity index (χ2n) is 5.46. The lowest BCUT2D eigenvalue weighted by molar-refractivity contribution is 0.288. The molecule has 0 saturated carbocycles. The lowest BCUT2D eigenvalue weighted by Crippen LogP contribution is -2.34. The van der Waals surface area contributed by atoms with Gasteiger partial charge in [-0.3, -0.25) is 0 Å². The molecule has 2 N–H and O–H groups in total. The Kier molecular flexibility index (Phi) is 5.01. The van der Waals surface area contributed by atoms with E-state index in [1.165, 1.54) is 37.1 Å². The smallest absolute Gasteiger partial charge is 0.240 e. The number of nitrogens with zero attached hydrogens (tertiary/aromatic N) is 1. The fourth-order valence-electron chi connectivity index (χ4n) is 2.43. The van der Waals surface area contributed by atoms with Crippen molar-refractivity contribution in [3.05, 3.63) is 24.3 Å². The van der Waals surface area contributed by atoms with E-state index in [0.29, 0.717) is 6.54 Å². The number of hydrogen-bond donors (Lipinski definition) is 2. The first-order valence-electron chi connectivity index (χ1n) is 6.98. The van der Waals surface area contributed by atoms with Gasteiger partial charge < -0.3 is 10.0 Å². The maximum absolute atomic E-state index is 12.1. The first kappa shape index (κ1) is 15.3. The third kappa shape index (κ3) is 4.19. The topological polar surface area (TPSA) is 69.6 Å². The second-order valence-corrected chi connectivity index (χ2v) is 7.23. The standard InChI is InChI=1S/C14H22N2O3S/c1-12(11-16-8-2-3-9-16)10-15-20(18,19)14-6-4-13(17)5-7-14/h4-7,12,15,17H,2-3,8-11H2,1H3. The minimum atomic E-state index is -3.49. The van der Waals surface area contributed by atoms with Crippen molar-refractivity contribution < 1.29 is 13.5 Å². The number of likely N-dealkylation sites (tertiary alicyclic amines) is 1. The van der Waals surface area contributed by atoms with Crippen molar-refractivity contribution in [2.75, 3.05) is 26.2 Å². The van der Waals surface area contributed by atoms with Crippen LogP contribution in [-0.2, 0) is 10.0 Å². The monoisotopic (exact) mass is 298 g/mol. The maximum Gasteiger partial charge on any atom is 0.240 e. The Morgan fingerprint density at radius 3 is 2.45 bits per heavy atom. The summed E-state index contributed by atoms with van der Waals surface area (Å²) in [5, 5.41) is 9.18. The molecule has 112 valence electrons. The van der Waals surface area contributed by atoms with Crippen LogP contribution in [0.15, 0.2) is 29.2 Å². The number of rotatable bonds is 6. The highest BCUT2D eigenvalue weighted by Crippen LogP contribution is 2.15. The summed E-state index contributed by atoms with van der Waals surface area (Å²) in [6.07, 6.45) is 2.48. The Morgan fingerprint density at radius 1 is 1.25 bits per heavy atom. The van der Waals surface area contributed by atoms with Gasteiger partial charge in [0.05, 0.1) is 4.90 Å². The maximum atomic E-state index is 12.1. The van der Waals surface area contributed by atoms with Crippen LogP contribution < -0.4 is 4.72 Å². The first-order chi connectivity index (χ1) is 9.47. The van der Waals surface area contributed by atoms with Crippen molar-refractivity contribution in [3.63, 3.8) is 0 Å². The van der Waals surface area contributed by atoms with Gasteiger partial charge in [-0.25, -0.2) is 13.1 Å². The van der Waals surface area contributed by atoms with Gasteiger partial charge in [0, 0.05) is 13.1 Å². The molecule has 20 heavy (non-hydrogen) atoms. The van der Waals surface area contributed by atoms with Crippen LogP contribution in [0.3, 0.4) is 0 Å². The molecule has 0 amide bonds. The van der Waals surface area contributed by atoms with Gasteiger partial charge in [-0.1, -0.05) is 6.92 Å². The summed E-state index contributed by atoms with van der Waals surface area (Å²) in [4.78, 5) is 2.56. The van der Waals surface area contributed by atoms with E-state index in [1.54, 1.807) is 0 Å². The van der Waals surface area contributed by atoms with Crippen molar-refractivity contribution in [2.24, 2.45) is 5.92 Å². The fraction of sp³-hybridized carbons (Fsp3) is 0.571. The van der Waals surface area contributed by atoms with Crippen LogP contribution in [0.1, 0.15) is 19.8 Å². The zero-order valence-corrected chi connectivity index (χ0v) is 12.6. The number of sulfonamides is 1. The van der Waals surface area contributed by atoms with Crippen molar-refractivity contribution >= 4 is 10.0 Å². The van der Waals surface area contributed by atoms with Crippen LogP contribution in [-0.4, -0.2) is 44.6 Å². The lowest BCUT2D eigenvalue weighted by Gasteiger charge is -2.20. The summed E-state index contributed by atoms with van der Waals surface area (Å²) in [5.74, 6) is 0.339. The van der Waals surface area contributed by atoms with E-state index >= 15 is 0 Å². The second kappa shape index (κ2) is 6.56. The molecule has 1 aromatic rings. The zero-order chi connectivity index (χ0) is 14.6. The number of phenols is 1. The molecule has 1 heterocycles. The highest BCUT2D eigenvalue weighted by Gasteiger charge is 2.18. The molecule has 1 unspecified atom stereocenters. The summed E-state index contributed by atoms with van der Waals surface area (Å²) in [6, 6.07) is 5.57. The molecule has 1 aliphatic rings. The van der Waals surface area contributed by atoms with Gasteiger partial charge in [0.25, 0.3) is 0 Å². The summed E-state index contributed by atoms with van der Waals surface area (Å²) in [7, 11) is -3.49. The molecule has 0 aromatic heterocycles. The highest BCUT2D eigenvalue weighted by atomic mass is 32.2. The molecule has 0 radical (unpaired) electrons. The Balaban J connectivity index is 1.86. The van der Waals surface area contributed by atoms with E-state index in [1.807, 2.05) is 0 Å². The van der Waals surface area contributed by atoms with E-state index < -0.39 is 10.0 Å². The Bertz CT molecular complexity index is 522. The van der Waals surface area contributed by atoms with Crippen LogP contribution >= 0.6 is 0 Å². The number of benzene rings is 1. The summed E-state index contributed by atoms with van der Waals surface area (Å²) < 4.78 is 26.8. The minimum Gasteiger partial charge on any atom is -0.508 e. The zero-order valence-electron chi connectivity index (χ0n) is 11.7. The van der Waals surface area contributed by atoms with Gasteiger partial charge in [-0.2, -0.15) is 0 Å². The third-order valence-corrected chi connectivity index (χ3v) is 4.98.